The predicted molar refractivity (Wildman–Crippen MR) is 78.9 cm³/mol. The Hall–Kier alpha value is -2.47. The van der Waals surface area contributed by atoms with Crippen molar-refractivity contribution in [3.8, 4) is 11.5 Å². The second kappa shape index (κ2) is 5.49. The van der Waals surface area contributed by atoms with Crippen molar-refractivity contribution in [2.75, 3.05) is 5.32 Å². The number of thiazole rings is 1. The SMILES string of the molecule is Cc1ccc(C(=O)Nc2nc(-c3ccco3)cs2)cc1F. The maximum absolute atomic E-state index is 13.5. The molecule has 0 bridgehead atoms. The fraction of sp³-hybridized carbons (Fsp3) is 0.0667. The Labute approximate surface area is 124 Å². The zero-order valence-electron chi connectivity index (χ0n) is 11.1. The van der Waals surface area contributed by atoms with Crippen molar-refractivity contribution in [2.24, 2.45) is 0 Å². The Morgan fingerprint density at radius 2 is 2.24 bits per heavy atom. The van der Waals surface area contributed by atoms with Crippen LogP contribution in [-0.2, 0) is 0 Å². The monoisotopic (exact) mass is 302 g/mol. The average molecular weight is 302 g/mol. The molecule has 0 saturated heterocycles. The van der Waals surface area contributed by atoms with E-state index in [2.05, 4.69) is 10.3 Å². The summed E-state index contributed by atoms with van der Waals surface area (Å²) in [4.78, 5) is 16.3. The minimum Gasteiger partial charge on any atom is -0.463 e. The van der Waals surface area contributed by atoms with Gasteiger partial charge < -0.3 is 4.42 Å². The number of furan rings is 1. The van der Waals surface area contributed by atoms with E-state index in [4.69, 9.17) is 4.42 Å². The van der Waals surface area contributed by atoms with Gasteiger partial charge in [0.25, 0.3) is 5.91 Å². The number of carbonyl (C=O) groups excluding carboxylic acids is 1. The third-order valence-electron chi connectivity index (χ3n) is 2.93. The summed E-state index contributed by atoms with van der Waals surface area (Å²) in [6, 6.07) is 7.92. The van der Waals surface area contributed by atoms with Gasteiger partial charge in [-0.15, -0.1) is 11.3 Å². The van der Waals surface area contributed by atoms with Crippen LogP contribution in [0.25, 0.3) is 11.5 Å². The summed E-state index contributed by atoms with van der Waals surface area (Å²) >= 11 is 1.28. The fourth-order valence-corrected chi connectivity index (χ4v) is 2.47. The van der Waals surface area contributed by atoms with Crippen LogP contribution in [0.15, 0.2) is 46.4 Å². The van der Waals surface area contributed by atoms with Crippen molar-refractivity contribution in [2.45, 2.75) is 6.92 Å². The summed E-state index contributed by atoms with van der Waals surface area (Å²) in [6.45, 7) is 1.65. The first-order chi connectivity index (χ1) is 10.1. The molecule has 21 heavy (non-hydrogen) atoms. The number of carbonyl (C=O) groups is 1. The number of nitrogens with zero attached hydrogens (tertiary/aromatic N) is 1. The molecule has 4 nitrogen and oxygen atoms in total. The number of nitrogens with one attached hydrogen (secondary N) is 1. The summed E-state index contributed by atoms with van der Waals surface area (Å²) < 4.78 is 18.7. The van der Waals surface area contributed by atoms with Gasteiger partial charge in [0.15, 0.2) is 10.9 Å². The first-order valence-corrected chi connectivity index (χ1v) is 7.08. The highest BCUT2D eigenvalue weighted by atomic mass is 32.1. The minimum atomic E-state index is -0.405. The van der Waals surface area contributed by atoms with Gasteiger partial charge in [0, 0.05) is 10.9 Å². The molecule has 0 unspecified atom stereocenters. The molecule has 1 N–H and O–H groups in total. The van der Waals surface area contributed by atoms with Gasteiger partial charge >= 0.3 is 0 Å². The molecule has 0 spiro atoms. The molecular weight excluding hydrogens is 291 g/mol. The van der Waals surface area contributed by atoms with E-state index < -0.39 is 11.7 Å². The van der Waals surface area contributed by atoms with Crippen molar-refractivity contribution in [3.05, 3.63) is 58.9 Å². The molecule has 0 atom stereocenters. The van der Waals surface area contributed by atoms with Crippen LogP contribution < -0.4 is 5.32 Å². The Kier molecular flexibility index (Phi) is 3.53. The van der Waals surface area contributed by atoms with Gasteiger partial charge in [0.05, 0.1) is 6.26 Å². The van der Waals surface area contributed by atoms with Gasteiger partial charge in [0.1, 0.15) is 11.5 Å². The van der Waals surface area contributed by atoms with Crippen LogP contribution in [0.4, 0.5) is 9.52 Å². The molecule has 6 heteroatoms. The molecule has 0 radical (unpaired) electrons. The number of anilines is 1. The van der Waals surface area contributed by atoms with Gasteiger partial charge in [-0.2, -0.15) is 0 Å². The van der Waals surface area contributed by atoms with Gasteiger partial charge in [-0.25, -0.2) is 9.37 Å². The summed E-state index contributed by atoms with van der Waals surface area (Å²) in [5.74, 6) is -0.166. The van der Waals surface area contributed by atoms with Gasteiger partial charge in [0.2, 0.25) is 0 Å². The molecule has 1 aromatic carbocycles. The highest BCUT2D eigenvalue weighted by molar-refractivity contribution is 7.14. The van der Waals surface area contributed by atoms with Crippen LogP contribution in [0, 0.1) is 12.7 Å². The summed E-state index contributed by atoms with van der Waals surface area (Å²) in [6.07, 6.45) is 1.56. The zero-order valence-corrected chi connectivity index (χ0v) is 11.9. The largest absolute Gasteiger partial charge is 0.463 e. The summed E-state index contributed by atoms with van der Waals surface area (Å²) in [7, 11) is 0. The van der Waals surface area contributed by atoms with Crippen molar-refractivity contribution >= 4 is 22.4 Å². The third-order valence-corrected chi connectivity index (χ3v) is 3.69. The molecule has 0 aliphatic heterocycles. The number of benzene rings is 1. The van der Waals surface area contributed by atoms with E-state index in [9.17, 15) is 9.18 Å². The van der Waals surface area contributed by atoms with Gasteiger partial charge in [-0.3, -0.25) is 10.1 Å². The number of aromatic nitrogens is 1. The van der Waals surface area contributed by atoms with Gasteiger partial charge in [-0.1, -0.05) is 6.07 Å². The fourth-order valence-electron chi connectivity index (χ4n) is 1.77. The lowest BCUT2D eigenvalue weighted by atomic mass is 10.1. The lowest BCUT2D eigenvalue weighted by Gasteiger charge is -2.03. The van der Waals surface area contributed by atoms with Crippen LogP contribution in [0.5, 0.6) is 0 Å². The standard InChI is InChI=1S/C15H11FN2O2S/c1-9-4-5-10(7-11(9)16)14(19)18-15-17-12(8-21-15)13-3-2-6-20-13/h2-8H,1H3,(H,17,18,19). The lowest BCUT2D eigenvalue weighted by molar-refractivity contribution is 0.102. The predicted octanol–water partition coefficient (Wildman–Crippen LogP) is 4.10. The highest BCUT2D eigenvalue weighted by Crippen LogP contribution is 2.25. The Morgan fingerprint density at radius 3 is 2.95 bits per heavy atom. The smallest absolute Gasteiger partial charge is 0.257 e. The molecule has 106 valence electrons. The number of hydrogen-bond acceptors (Lipinski definition) is 4. The Morgan fingerprint density at radius 1 is 1.38 bits per heavy atom. The second-order valence-corrected chi connectivity index (χ2v) is 5.29. The first-order valence-electron chi connectivity index (χ1n) is 6.20. The van der Waals surface area contributed by atoms with E-state index in [0.717, 1.165) is 0 Å². The maximum atomic E-state index is 13.5. The minimum absolute atomic E-state index is 0.257. The van der Waals surface area contributed by atoms with Crippen molar-refractivity contribution in [1.29, 1.82) is 0 Å². The molecule has 0 fully saturated rings. The van der Waals surface area contributed by atoms with E-state index in [-0.39, 0.29) is 5.56 Å². The van der Waals surface area contributed by atoms with E-state index in [1.165, 1.54) is 17.4 Å². The molecule has 3 aromatic rings. The van der Waals surface area contributed by atoms with Crippen molar-refractivity contribution < 1.29 is 13.6 Å². The third kappa shape index (κ3) is 2.85. The average Bonchev–Trinajstić information content (AvgIpc) is 3.12. The molecule has 0 aliphatic rings. The van der Waals surface area contributed by atoms with Crippen LogP contribution in [-0.4, -0.2) is 10.9 Å². The van der Waals surface area contributed by atoms with E-state index >= 15 is 0 Å². The summed E-state index contributed by atoms with van der Waals surface area (Å²) in [5, 5.41) is 4.87. The van der Waals surface area contributed by atoms with Gasteiger partial charge in [-0.05, 0) is 36.8 Å². The Balaban J connectivity index is 1.77. The molecule has 3 rings (SSSR count). The van der Waals surface area contributed by atoms with E-state index in [1.807, 2.05) is 0 Å². The van der Waals surface area contributed by atoms with Crippen LogP contribution in [0.3, 0.4) is 0 Å². The quantitative estimate of drug-likeness (QED) is 0.792. The number of aryl methyl sites for hydroxylation is 1. The lowest BCUT2D eigenvalue weighted by Crippen LogP contribution is -2.12. The molecule has 0 aliphatic carbocycles. The summed E-state index contributed by atoms with van der Waals surface area (Å²) in [5.41, 5.74) is 1.41. The molecule has 2 heterocycles. The molecule has 1 amide bonds. The first kappa shape index (κ1) is 13.5. The van der Waals surface area contributed by atoms with E-state index in [1.54, 1.807) is 42.8 Å². The second-order valence-electron chi connectivity index (χ2n) is 4.43. The number of amides is 1. The highest BCUT2D eigenvalue weighted by Gasteiger charge is 2.12. The number of rotatable bonds is 3. The van der Waals surface area contributed by atoms with Crippen molar-refractivity contribution in [1.82, 2.24) is 4.98 Å². The Bertz CT molecular complexity index is 781. The van der Waals surface area contributed by atoms with Crippen molar-refractivity contribution in [3.63, 3.8) is 0 Å². The number of hydrogen-bond donors (Lipinski definition) is 1. The molecular formula is C15H11FN2O2S. The topological polar surface area (TPSA) is 55.1 Å². The van der Waals surface area contributed by atoms with E-state index in [0.29, 0.717) is 22.1 Å². The molecule has 0 saturated carbocycles. The normalized spacial score (nSPS) is 10.6. The maximum Gasteiger partial charge on any atom is 0.257 e. The molecule has 2 aromatic heterocycles. The van der Waals surface area contributed by atoms with Crippen LogP contribution in [0.1, 0.15) is 15.9 Å². The number of halogens is 1. The van der Waals surface area contributed by atoms with Crippen LogP contribution >= 0.6 is 11.3 Å². The van der Waals surface area contributed by atoms with Crippen LogP contribution in [0.2, 0.25) is 0 Å². The zero-order chi connectivity index (χ0) is 14.8.